The third kappa shape index (κ3) is 2.79. The number of carbonyl (C=O) groups is 1. The van der Waals surface area contributed by atoms with Crippen molar-refractivity contribution in [1.29, 1.82) is 0 Å². The predicted molar refractivity (Wildman–Crippen MR) is 63.5 cm³/mol. The van der Waals surface area contributed by atoms with Crippen LogP contribution in [0.25, 0.3) is 0 Å². The third-order valence-corrected chi connectivity index (χ3v) is 2.94. The Balaban J connectivity index is 2.02. The smallest absolute Gasteiger partial charge is 0.242 e. The summed E-state index contributed by atoms with van der Waals surface area (Å²) in [4.78, 5) is 17.8. The van der Waals surface area contributed by atoms with E-state index in [9.17, 15) is 9.18 Å². The van der Waals surface area contributed by atoms with Crippen molar-refractivity contribution in [3.8, 4) is 0 Å². The number of rotatable bonds is 2. The number of hydrogen-bond donors (Lipinski definition) is 1. The zero-order chi connectivity index (χ0) is 12.4. The molecule has 0 radical (unpaired) electrons. The van der Waals surface area contributed by atoms with Crippen molar-refractivity contribution in [2.75, 3.05) is 18.9 Å². The highest BCUT2D eigenvalue weighted by atomic mass is 19.1. The SMILES string of the molecule is Cc1cccc(NC(=O)[C@@H]2C[C@@H](F)CN2C)n1. The summed E-state index contributed by atoms with van der Waals surface area (Å²) in [7, 11) is 1.76. The molecule has 1 saturated heterocycles. The number of alkyl halides is 1. The summed E-state index contributed by atoms with van der Waals surface area (Å²) in [6, 6.07) is 5.02. The molecule has 1 N–H and O–H groups in total. The lowest BCUT2D eigenvalue weighted by Gasteiger charge is -2.17. The summed E-state index contributed by atoms with van der Waals surface area (Å²) >= 11 is 0. The molecule has 0 bridgehead atoms. The normalized spacial score (nSPS) is 24.9. The molecule has 1 amide bonds. The number of hydrogen-bond acceptors (Lipinski definition) is 3. The van der Waals surface area contributed by atoms with E-state index in [1.54, 1.807) is 18.0 Å². The molecule has 1 aromatic heterocycles. The zero-order valence-electron chi connectivity index (χ0n) is 9.98. The second-order valence-electron chi connectivity index (χ2n) is 4.44. The fourth-order valence-electron chi connectivity index (χ4n) is 2.07. The third-order valence-electron chi connectivity index (χ3n) is 2.94. The first-order valence-electron chi connectivity index (χ1n) is 5.65. The summed E-state index contributed by atoms with van der Waals surface area (Å²) < 4.78 is 13.2. The summed E-state index contributed by atoms with van der Waals surface area (Å²) in [6.07, 6.45) is -0.657. The molecule has 0 spiro atoms. The maximum atomic E-state index is 13.2. The van der Waals surface area contributed by atoms with E-state index in [0.29, 0.717) is 12.4 Å². The van der Waals surface area contributed by atoms with Gasteiger partial charge in [0.25, 0.3) is 0 Å². The molecule has 0 aliphatic carbocycles. The largest absolute Gasteiger partial charge is 0.309 e. The van der Waals surface area contributed by atoms with Crippen LogP contribution in [0.15, 0.2) is 18.2 Å². The quantitative estimate of drug-likeness (QED) is 0.845. The van der Waals surface area contributed by atoms with Crippen molar-refractivity contribution >= 4 is 11.7 Å². The maximum absolute atomic E-state index is 13.2. The Morgan fingerprint density at radius 2 is 2.35 bits per heavy atom. The van der Waals surface area contributed by atoms with Gasteiger partial charge in [-0.15, -0.1) is 0 Å². The van der Waals surface area contributed by atoms with Crippen molar-refractivity contribution in [2.24, 2.45) is 0 Å². The fraction of sp³-hybridized carbons (Fsp3) is 0.500. The standard InChI is InChI=1S/C12H16FN3O/c1-8-4-3-5-11(14-8)15-12(17)10-6-9(13)7-16(10)2/h3-5,9-10H,6-7H2,1-2H3,(H,14,15,17)/t9-,10+/m1/s1. The molecular formula is C12H16FN3O. The van der Waals surface area contributed by atoms with Crippen LogP contribution in [0, 0.1) is 6.92 Å². The Morgan fingerprint density at radius 3 is 2.94 bits per heavy atom. The van der Waals surface area contributed by atoms with Gasteiger partial charge in [-0.05, 0) is 26.1 Å². The molecule has 2 heterocycles. The van der Waals surface area contributed by atoms with Crippen LogP contribution >= 0.6 is 0 Å². The molecule has 5 heteroatoms. The lowest BCUT2D eigenvalue weighted by Crippen LogP contribution is -2.37. The first-order valence-corrected chi connectivity index (χ1v) is 5.65. The number of likely N-dealkylation sites (tertiary alicyclic amines) is 1. The first kappa shape index (κ1) is 12.0. The van der Waals surface area contributed by atoms with Crippen LogP contribution in [0.4, 0.5) is 10.2 Å². The molecule has 2 rings (SSSR count). The monoisotopic (exact) mass is 237 g/mol. The fourth-order valence-corrected chi connectivity index (χ4v) is 2.07. The first-order chi connectivity index (χ1) is 8.06. The number of halogens is 1. The van der Waals surface area contributed by atoms with E-state index in [-0.39, 0.29) is 12.3 Å². The Kier molecular flexibility index (Phi) is 3.38. The molecule has 1 aliphatic rings. The molecule has 1 aliphatic heterocycles. The van der Waals surface area contributed by atoms with Crippen molar-refractivity contribution in [3.63, 3.8) is 0 Å². The minimum absolute atomic E-state index is 0.189. The number of aryl methyl sites for hydroxylation is 1. The lowest BCUT2D eigenvalue weighted by molar-refractivity contribution is -0.120. The molecule has 2 atom stereocenters. The van der Waals surface area contributed by atoms with Crippen LogP contribution in [0.1, 0.15) is 12.1 Å². The number of aromatic nitrogens is 1. The van der Waals surface area contributed by atoms with Crippen LogP contribution in [-0.2, 0) is 4.79 Å². The highest BCUT2D eigenvalue weighted by Crippen LogP contribution is 2.19. The zero-order valence-corrected chi connectivity index (χ0v) is 9.98. The summed E-state index contributed by atoms with van der Waals surface area (Å²) in [5, 5.41) is 2.72. The van der Waals surface area contributed by atoms with E-state index in [0.717, 1.165) is 5.69 Å². The van der Waals surface area contributed by atoms with Crippen LogP contribution in [0.3, 0.4) is 0 Å². The minimum Gasteiger partial charge on any atom is -0.309 e. The molecule has 1 fully saturated rings. The molecular weight excluding hydrogens is 221 g/mol. The Hall–Kier alpha value is -1.49. The number of pyridine rings is 1. The van der Waals surface area contributed by atoms with Crippen molar-refractivity contribution in [2.45, 2.75) is 25.6 Å². The van der Waals surface area contributed by atoms with Crippen LogP contribution in [0.2, 0.25) is 0 Å². The van der Waals surface area contributed by atoms with E-state index >= 15 is 0 Å². The second-order valence-corrected chi connectivity index (χ2v) is 4.44. The van der Waals surface area contributed by atoms with Gasteiger partial charge in [-0.2, -0.15) is 0 Å². The van der Waals surface area contributed by atoms with Crippen molar-refractivity contribution in [3.05, 3.63) is 23.9 Å². The molecule has 0 saturated carbocycles. The van der Waals surface area contributed by atoms with Crippen LogP contribution < -0.4 is 5.32 Å². The second kappa shape index (κ2) is 4.79. The molecule has 0 aromatic carbocycles. The number of likely N-dealkylation sites (N-methyl/N-ethyl adjacent to an activating group) is 1. The van der Waals surface area contributed by atoms with Crippen LogP contribution in [-0.4, -0.2) is 41.6 Å². The van der Waals surface area contributed by atoms with Gasteiger partial charge < -0.3 is 5.32 Å². The maximum Gasteiger partial charge on any atom is 0.242 e. The number of anilines is 1. The molecule has 17 heavy (non-hydrogen) atoms. The average Bonchev–Trinajstić information content (AvgIpc) is 2.58. The summed E-state index contributed by atoms with van der Waals surface area (Å²) in [6.45, 7) is 2.17. The van der Waals surface area contributed by atoms with E-state index in [1.165, 1.54) is 0 Å². The average molecular weight is 237 g/mol. The van der Waals surface area contributed by atoms with E-state index in [1.807, 2.05) is 19.1 Å². The van der Waals surface area contributed by atoms with Gasteiger partial charge >= 0.3 is 0 Å². The molecule has 1 aromatic rings. The van der Waals surface area contributed by atoms with Gasteiger partial charge in [0, 0.05) is 18.7 Å². The van der Waals surface area contributed by atoms with E-state index in [2.05, 4.69) is 10.3 Å². The molecule has 4 nitrogen and oxygen atoms in total. The van der Waals surface area contributed by atoms with Gasteiger partial charge in [-0.1, -0.05) is 6.07 Å². The summed E-state index contributed by atoms with van der Waals surface area (Å²) in [5.74, 6) is 0.330. The number of nitrogens with one attached hydrogen (secondary N) is 1. The molecule has 92 valence electrons. The number of nitrogens with zero attached hydrogens (tertiary/aromatic N) is 2. The Morgan fingerprint density at radius 1 is 1.59 bits per heavy atom. The van der Waals surface area contributed by atoms with Gasteiger partial charge in [0.2, 0.25) is 5.91 Å². The van der Waals surface area contributed by atoms with Gasteiger partial charge in [0.15, 0.2) is 0 Å². The molecule has 0 unspecified atom stereocenters. The number of amides is 1. The minimum atomic E-state index is -0.916. The highest BCUT2D eigenvalue weighted by molar-refractivity contribution is 5.94. The summed E-state index contributed by atoms with van der Waals surface area (Å²) in [5.41, 5.74) is 0.839. The highest BCUT2D eigenvalue weighted by Gasteiger charge is 2.34. The number of carbonyl (C=O) groups excluding carboxylic acids is 1. The van der Waals surface area contributed by atoms with E-state index in [4.69, 9.17) is 0 Å². The Labute approximate surface area is 99.8 Å². The van der Waals surface area contributed by atoms with E-state index < -0.39 is 12.2 Å². The Bertz CT molecular complexity index is 424. The predicted octanol–water partition coefficient (Wildman–Crippen LogP) is 1.37. The van der Waals surface area contributed by atoms with Crippen LogP contribution in [0.5, 0.6) is 0 Å². The topological polar surface area (TPSA) is 45.2 Å². The van der Waals surface area contributed by atoms with Gasteiger partial charge in [-0.25, -0.2) is 9.37 Å². The van der Waals surface area contributed by atoms with Crippen molar-refractivity contribution in [1.82, 2.24) is 9.88 Å². The van der Waals surface area contributed by atoms with Crippen molar-refractivity contribution < 1.29 is 9.18 Å². The lowest BCUT2D eigenvalue weighted by atomic mass is 10.2. The van der Waals surface area contributed by atoms with Gasteiger partial charge in [-0.3, -0.25) is 9.69 Å². The van der Waals surface area contributed by atoms with Gasteiger partial charge in [0.05, 0.1) is 6.04 Å². The van der Waals surface area contributed by atoms with Gasteiger partial charge in [0.1, 0.15) is 12.0 Å².